The number of aromatic nitrogens is 3. The van der Waals surface area contributed by atoms with Gasteiger partial charge in [0.1, 0.15) is 40.5 Å². The second kappa shape index (κ2) is 12.2. The van der Waals surface area contributed by atoms with Crippen LogP contribution in [0.2, 0.25) is 0 Å². The molecule has 14 heteroatoms. The van der Waals surface area contributed by atoms with E-state index in [2.05, 4.69) is 28.5 Å². The Labute approximate surface area is 280 Å². The van der Waals surface area contributed by atoms with E-state index in [0.717, 1.165) is 24.3 Å². The van der Waals surface area contributed by atoms with Crippen LogP contribution >= 0.6 is 11.3 Å². The average Bonchev–Trinajstić information content (AvgIpc) is 3.38. The molecule has 3 fully saturated rings. The molecule has 1 aromatic carbocycles. The molecule has 3 atom stereocenters. The van der Waals surface area contributed by atoms with Crippen LogP contribution in [-0.4, -0.2) is 96.3 Å². The van der Waals surface area contributed by atoms with Crippen LogP contribution in [0.15, 0.2) is 31.0 Å². The third-order valence-electron chi connectivity index (χ3n) is 10.2. The number of carbonyl (C=O) groups excluding carboxylic acids is 1. The number of rotatable bonds is 9. The van der Waals surface area contributed by atoms with Gasteiger partial charge in [0.15, 0.2) is 5.82 Å². The van der Waals surface area contributed by atoms with Crippen LogP contribution in [0.3, 0.4) is 0 Å². The van der Waals surface area contributed by atoms with Crippen molar-refractivity contribution in [3.8, 4) is 23.3 Å². The highest BCUT2D eigenvalue weighted by molar-refractivity contribution is 7.23. The number of hydrogen-bond donors (Lipinski definition) is 1. The van der Waals surface area contributed by atoms with Crippen molar-refractivity contribution in [2.75, 3.05) is 58.1 Å². The van der Waals surface area contributed by atoms with Gasteiger partial charge in [-0.2, -0.15) is 15.2 Å². The summed E-state index contributed by atoms with van der Waals surface area (Å²) in [5, 5.41) is 10.5. The molecule has 4 aromatic rings. The molecule has 1 amide bonds. The molecular weight excluding hydrogens is 638 g/mol. The number of pyridine rings is 1. The first-order valence-electron chi connectivity index (χ1n) is 15.8. The summed E-state index contributed by atoms with van der Waals surface area (Å²) in [6, 6.07) is 4.27. The maximum Gasteiger partial charge on any atom is 0.319 e. The molecule has 11 nitrogen and oxygen atoms in total. The smallest absolute Gasteiger partial charge is 0.319 e. The zero-order valence-corrected chi connectivity index (χ0v) is 27.8. The Morgan fingerprint density at radius 1 is 1.31 bits per heavy atom. The zero-order valence-electron chi connectivity index (χ0n) is 27.0. The van der Waals surface area contributed by atoms with Crippen LogP contribution in [0.4, 0.5) is 19.6 Å². The second-order valence-corrected chi connectivity index (χ2v) is 14.1. The first kappa shape index (κ1) is 32.1. The number of benzene rings is 1. The van der Waals surface area contributed by atoms with Crippen molar-refractivity contribution in [3.05, 3.63) is 48.2 Å². The largest absolute Gasteiger partial charge is 0.462 e. The van der Waals surface area contributed by atoms with E-state index in [-0.39, 0.29) is 74.1 Å². The number of thiophene rings is 1. The molecule has 1 saturated carbocycles. The van der Waals surface area contributed by atoms with Crippen molar-refractivity contribution in [1.29, 1.82) is 5.26 Å². The number of fused-ring (bicyclic) bond motifs is 2. The number of likely N-dealkylation sites (N-methyl/N-ethyl adjacent to an activating group) is 2. The van der Waals surface area contributed by atoms with Crippen molar-refractivity contribution in [2.24, 2.45) is 5.41 Å². The topological polar surface area (TPSA) is 134 Å². The highest BCUT2D eigenvalue weighted by atomic mass is 32.1. The van der Waals surface area contributed by atoms with Gasteiger partial charge in [0.05, 0.1) is 34.3 Å². The van der Waals surface area contributed by atoms with E-state index in [0.29, 0.717) is 36.2 Å². The average molecular weight is 675 g/mol. The van der Waals surface area contributed by atoms with Crippen molar-refractivity contribution in [1.82, 2.24) is 24.8 Å². The number of methoxy groups -OCH3 is 1. The van der Waals surface area contributed by atoms with Gasteiger partial charge in [0.2, 0.25) is 5.91 Å². The minimum atomic E-state index is -0.769. The Morgan fingerprint density at radius 2 is 2.10 bits per heavy atom. The van der Waals surface area contributed by atoms with Gasteiger partial charge in [0, 0.05) is 50.4 Å². The second-order valence-electron chi connectivity index (χ2n) is 13.1. The van der Waals surface area contributed by atoms with Gasteiger partial charge in [-0.1, -0.05) is 6.58 Å². The summed E-state index contributed by atoms with van der Waals surface area (Å²) in [4.78, 5) is 32.5. The standard InChI is InChI=1S/C34H36F2N8O3S/c1-5-25(45)44-11-8-23(24(44)16-46-4)43(3)32-21-14-39-28(19-6-7-22(35)30-26(19)20(13-37)31(38)48-30)27(36)29(21)40-33(41-32)47-15-18-12-34(9-10-34)17-42(18)2/h5-7,14,18,23-24H,1,8-12,15-17,38H2,2-4H3/t18-,23?,24+/m0/s1. The lowest BCUT2D eigenvalue weighted by atomic mass is 10.0. The lowest BCUT2D eigenvalue weighted by Crippen LogP contribution is -2.48. The maximum absolute atomic E-state index is 16.8. The Hall–Kier alpha value is -4.45. The van der Waals surface area contributed by atoms with Crippen molar-refractivity contribution < 1.29 is 23.0 Å². The lowest BCUT2D eigenvalue weighted by Gasteiger charge is -2.33. The third-order valence-corrected chi connectivity index (χ3v) is 11.2. The number of nitrogens with two attached hydrogens (primary N) is 1. The maximum atomic E-state index is 16.8. The number of anilines is 2. The van der Waals surface area contributed by atoms with Crippen LogP contribution in [0.25, 0.3) is 32.2 Å². The molecule has 3 aromatic heterocycles. The zero-order chi connectivity index (χ0) is 33.9. The molecule has 250 valence electrons. The van der Waals surface area contributed by atoms with Crippen LogP contribution in [-0.2, 0) is 9.53 Å². The predicted molar refractivity (Wildman–Crippen MR) is 180 cm³/mol. The molecule has 0 bridgehead atoms. The molecule has 2 saturated heterocycles. The number of nitrogen functional groups attached to an aromatic ring is 1. The first-order chi connectivity index (χ1) is 23.1. The molecular formula is C34H36F2N8O3S. The Balaban J connectivity index is 1.34. The van der Waals surface area contributed by atoms with E-state index in [1.54, 1.807) is 12.0 Å². The van der Waals surface area contributed by atoms with Gasteiger partial charge >= 0.3 is 6.01 Å². The van der Waals surface area contributed by atoms with E-state index in [1.165, 1.54) is 37.2 Å². The number of carbonyl (C=O) groups is 1. The number of hydrogen-bond acceptors (Lipinski definition) is 11. The molecule has 7 rings (SSSR count). The Morgan fingerprint density at radius 3 is 2.79 bits per heavy atom. The number of amides is 1. The van der Waals surface area contributed by atoms with Gasteiger partial charge in [-0.25, -0.2) is 8.78 Å². The molecule has 2 N–H and O–H groups in total. The molecule has 48 heavy (non-hydrogen) atoms. The summed E-state index contributed by atoms with van der Waals surface area (Å²) in [6.07, 6.45) is 6.82. The molecule has 1 spiro atoms. The van der Waals surface area contributed by atoms with E-state index >= 15 is 4.39 Å². The SMILES string of the molecule is C=CC(=O)N1CCC(N(C)c2nc(OC[C@@H]3CC4(CC4)CN3C)nc3c(F)c(-c4ccc(F)c5sc(N)c(C#N)c45)ncc23)[C@H]1COC. The number of likely N-dealkylation sites (tertiary alicyclic amines) is 2. The normalized spacial score (nSPS) is 21.7. The molecule has 3 aliphatic rings. The minimum Gasteiger partial charge on any atom is -0.462 e. The molecule has 1 aliphatic carbocycles. The number of nitriles is 1. The summed E-state index contributed by atoms with van der Waals surface area (Å²) in [6.45, 7) is 5.76. The fourth-order valence-corrected chi connectivity index (χ4v) is 8.47. The summed E-state index contributed by atoms with van der Waals surface area (Å²) in [7, 11) is 5.50. The number of halogens is 2. The summed E-state index contributed by atoms with van der Waals surface area (Å²) < 4.78 is 43.5. The van der Waals surface area contributed by atoms with Crippen molar-refractivity contribution in [2.45, 2.75) is 43.8 Å². The Kier molecular flexibility index (Phi) is 8.17. The summed E-state index contributed by atoms with van der Waals surface area (Å²) in [5.74, 6) is -1.15. The van der Waals surface area contributed by atoms with Gasteiger partial charge in [0.25, 0.3) is 0 Å². The van der Waals surface area contributed by atoms with E-state index < -0.39 is 11.6 Å². The lowest BCUT2D eigenvalue weighted by molar-refractivity contribution is -0.127. The molecule has 0 radical (unpaired) electrons. The van der Waals surface area contributed by atoms with Crippen LogP contribution in [0.1, 0.15) is 31.2 Å². The highest BCUT2D eigenvalue weighted by Crippen LogP contribution is 2.54. The first-order valence-corrected chi connectivity index (χ1v) is 16.7. The summed E-state index contributed by atoms with van der Waals surface area (Å²) >= 11 is 0.931. The molecule has 5 heterocycles. The molecule has 1 unspecified atom stereocenters. The van der Waals surface area contributed by atoms with Crippen LogP contribution in [0.5, 0.6) is 6.01 Å². The summed E-state index contributed by atoms with van der Waals surface area (Å²) in [5.41, 5.74) is 6.57. The third kappa shape index (κ3) is 5.30. The van der Waals surface area contributed by atoms with Gasteiger partial charge in [-0.15, -0.1) is 11.3 Å². The van der Waals surface area contributed by atoms with Crippen molar-refractivity contribution in [3.63, 3.8) is 0 Å². The Bertz CT molecular complexity index is 1990. The number of nitrogens with zero attached hydrogens (tertiary/aromatic N) is 7. The highest BCUT2D eigenvalue weighted by Gasteiger charge is 2.51. The minimum absolute atomic E-state index is 0.00704. The van der Waals surface area contributed by atoms with E-state index in [4.69, 9.17) is 20.2 Å². The van der Waals surface area contributed by atoms with Crippen molar-refractivity contribution >= 4 is 49.1 Å². The predicted octanol–water partition coefficient (Wildman–Crippen LogP) is 4.74. The fraction of sp³-hybridized carbons (Fsp3) is 0.441. The monoisotopic (exact) mass is 674 g/mol. The quantitative estimate of drug-likeness (QED) is 0.248. The van der Waals surface area contributed by atoms with Gasteiger partial charge in [-0.3, -0.25) is 14.7 Å². The molecule has 2 aliphatic heterocycles. The van der Waals surface area contributed by atoms with Crippen LogP contribution in [0, 0.1) is 28.4 Å². The fourth-order valence-electron chi connectivity index (χ4n) is 7.52. The number of ether oxygens (including phenoxy) is 2. The van der Waals surface area contributed by atoms with Gasteiger partial charge in [-0.05, 0) is 56.4 Å². The van der Waals surface area contributed by atoms with Gasteiger partial charge < -0.3 is 25.0 Å². The van der Waals surface area contributed by atoms with E-state index in [1.807, 2.05) is 18.0 Å². The van der Waals surface area contributed by atoms with E-state index in [9.17, 15) is 14.4 Å². The van der Waals surface area contributed by atoms with Crippen LogP contribution < -0.4 is 15.4 Å².